The van der Waals surface area contributed by atoms with Gasteiger partial charge in [-0.15, -0.1) is 0 Å². The Morgan fingerprint density at radius 1 is 1.00 bits per heavy atom. The molecule has 0 atom stereocenters. The van der Waals surface area contributed by atoms with E-state index in [0.29, 0.717) is 39.3 Å². The Balaban J connectivity index is 1.68. The fourth-order valence-electron chi connectivity index (χ4n) is 3.02. The molecule has 29 heavy (non-hydrogen) atoms. The number of halogens is 1. The van der Waals surface area contributed by atoms with Crippen LogP contribution in [-0.4, -0.2) is 13.0 Å². The Bertz CT molecular complexity index is 1260. The average Bonchev–Trinajstić information content (AvgIpc) is 2.74. The summed E-state index contributed by atoms with van der Waals surface area (Å²) >= 11 is 0. The third-order valence-corrected chi connectivity index (χ3v) is 4.46. The van der Waals surface area contributed by atoms with E-state index >= 15 is 0 Å². The molecule has 4 rings (SSSR count). The number of carbonyl (C=O) groups excluding carboxylic acids is 1. The number of fused-ring (bicyclic) bond motifs is 1. The van der Waals surface area contributed by atoms with Crippen molar-refractivity contribution in [2.24, 2.45) is 0 Å². The average molecular weight is 389 g/mol. The van der Waals surface area contributed by atoms with Gasteiger partial charge in [-0.25, -0.2) is 4.39 Å². The first kappa shape index (κ1) is 18.4. The van der Waals surface area contributed by atoms with Crippen molar-refractivity contribution >= 4 is 22.6 Å². The highest BCUT2D eigenvalue weighted by Gasteiger charge is 2.12. The number of para-hydroxylation sites is 1. The second-order valence-electron chi connectivity index (χ2n) is 6.35. The SMILES string of the molecule is COc1ccccc1-c1cc(=O)c2cc(NC(=O)c3ccc(F)cc3)ccc2o1. The molecule has 144 valence electrons. The zero-order valence-corrected chi connectivity index (χ0v) is 15.4. The Hall–Kier alpha value is -3.93. The molecule has 3 aromatic carbocycles. The summed E-state index contributed by atoms with van der Waals surface area (Å²) in [6, 6.07) is 18.7. The van der Waals surface area contributed by atoms with E-state index < -0.39 is 11.7 Å². The van der Waals surface area contributed by atoms with Crippen LogP contribution in [-0.2, 0) is 0 Å². The Labute approximate surface area is 165 Å². The minimum absolute atomic E-state index is 0.245. The van der Waals surface area contributed by atoms with Crippen molar-refractivity contribution in [1.82, 2.24) is 0 Å². The summed E-state index contributed by atoms with van der Waals surface area (Å²) in [7, 11) is 1.55. The first-order valence-electron chi connectivity index (χ1n) is 8.83. The Morgan fingerprint density at radius 2 is 1.76 bits per heavy atom. The highest BCUT2D eigenvalue weighted by atomic mass is 19.1. The predicted octanol–water partition coefficient (Wildman–Crippen LogP) is 4.86. The fourth-order valence-corrected chi connectivity index (χ4v) is 3.02. The van der Waals surface area contributed by atoms with Crippen molar-refractivity contribution in [3.8, 4) is 17.1 Å². The van der Waals surface area contributed by atoms with Crippen molar-refractivity contribution in [1.29, 1.82) is 0 Å². The Morgan fingerprint density at radius 3 is 2.52 bits per heavy atom. The molecule has 0 fully saturated rings. The van der Waals surface area contributed by atoms with Gasteiger partial charge < -0.3 is 14.5 Å². The van der Waals surface area contributed by atoms with Gasteiger partial charge in [0.25, 0.3) is 5.91 Å². The molecule has 0 bridgehead atoms. The maximum Gasteiger partial charge on any atom is 0.255 e. The van der Waals surface area contributed by atoms with Crippen LogP contribution >= 0.6 is 0 Å². The van der Waals surface area contributed by atoms with E-state index in [1.54, 1.807) is 37.4 Å². The fraction of sp³-hybridized carbons (Fsp3) is 0.0435. The highest BCUT2D eigenvalue weighted by Crippen LogP contribution is 2.31. The summed E-state index contributed by atoms with van der Waals surface area (Å²) in [5.41, 5.74) is 1.56. The lowest BCUT2D eigenvalue weighted by molar-refractivity contribution is 0.102. The zero-order valence-electron chi connectivity index (χ0n) is 15.4. The summed E-state index contributed by atoms with van der Waals surface area (Å²) in [4.78, 5) is 25.0. The maximum atomic E-state index is 13.0. The number of methoxy groups -OCH3 is 1. The monoisotopic (exact) mass is 389 g/mol. The quantitative estimate of drug-likeness (QED) is 0.541. The molecular weight excluding hydrogens is 373 g/mol. The minimum atomic E-state index is -0.421. The summed E-state index contributed by atoms with van der Waals surface area (Å²) in [5.74, 6) is 0.163. The number of benzene rings is 3. The van der Waals surface area contributed by atoms with E-state index in [1.807, 2.05) is 12.1 Å². The largest absolute Gasteiger partial charge is 0.496 e. The van der Waals surface area contributed by atoms with Gasteiger partial charge >= 0.3 is 0 Å². The molecule has 0 saturated carbocycles. The van der Waals surface area contributed by atoms with Gasteiger partial charge in [0, 0.05) is 17.3 Å². The normalized spacial score (nSPS) is 10.7. The topological polar surface area (TPSA) is 68.5 Å². The van der Waals surface area contributed by atoms with Crippen molar-refractivity contribution in [3.63, 3.8) is 0 Å². The highest BCUT2D eigenvalue weighted by molar-refractivity contribution is 6.05. The third kappa shape index (κ3) is 3.73. The lowest BCUT2D eigenvalue weighted by atomic mass is 10.1. The number of hydrogen-bond acceptors (Lipinski definition) is 4. The molecule has 1 amide bonds. The molecule has 5 nitrogen and oxygen atoms in total. The van der Waals surface area contributed by atoms with Crippen LogP contribution in [0.25, 0.3) is 22.3 Å². The summed E-state index contributed by atoms with van der Waals surface area (Å²) in [5, 5.41) is 3.03. The Kier molecular flexibility index (Phi) is 4.83. The molecule has 1 heterocycles. The van der Waals surface area contributed by atoms with Crippen LogP contribution < -0.4 is 15.5 Å². The number of carbonyl (C=O) groups is 1. The van der Waals surface area contributed by atoms with E-state index in [-0.39, 0.29) is 5.43 Å². The van der Waals surface area contributed by atoms with Gasteiger partial charge in [-0.3, -0.25) is 9.59 Å². The van der Waals surface area contributed by atoms with Crippen LogP contribution in [0.2, 0.25) is 0 Å². The molecule has 0 saturated heterocycles. The van der Waals surface area contributed by atoms with Gasteiger partial charge in [-0.2, -0.15) is 0 Å². The van der Waals surface area contributed by atoms with Crippen LogP contribution in [0.15, 0.2) is 82.0 Å². The number of ether oxygens (including phenoxy) is 1. The lowest BCUT2D eigenvalue weighted by Gasteiger charge is -2.09. The van der Waals surface area contributed by atoms with Crippen molar-refractivity contribution in [2.75, 3.05) is 12.4 Å². The molecule has 1 aromatic heterocycles. The van der Waals surface area contributed by atoms with Gasteiger partial charge in [-0.05, 0) is 54.6 Å². The second kappa shape index (κ2) is 7.59. The van der Waals surface area contributed by atoms with E-state index in [2.05, 4.69) is 5.32 Å². The molecule has 0 aliphatic carbocycles. The molecule has 4 aromatic rings. The number of amides is 1. The zero-order chi connectivity index (χ0) is 20.4. The second-order valence-corrected chi connectivity index (χ2v) is 6.35. The van der Waals surface area contributed by atoms with Crippen LogP contribution in [0, 0.1) is 5.82 Å². The molecule has 0 aliphatic rings. The van der Waals surface area contributed by atoms with Gasteiger partial charge in [0.05, 0.1) is 18.1 Å². The number of nitrogens with one attached hydrogen (secondary N) is 1. The van der Waals surface area contributed by atoms with Crippen molar-refractivity contribution < 1.29 is 18.3 Å². The number of hydrogen-bond donors (Lipinski definition) is 1. The number of anilines is 1. The van der Waals surface area contributed by atoms with Crippen LogP contribution in [0.1, 0.15) is 10.4 Å². The first-order chi connectivity index (χ1) is 14.0. The van der Waals surface area contributed by atoms with Gasteiger partial charge in [0.15, 0.2) is 5.43 Å². The van der Waals surface area contributed by atoms with Crippen molar-refractivity contribution in [3.05, 3.63) is 94.4 Å². The molecule has 0 unspecified atom stereocenters. The predicted molar refractivity (Wildman–Crippen MR) is 109 cm³/mol. The smallest absolute Gasteiger partial charge is 0.255 e. The van der Waals surface area contributed by atoms with E-state index in [1.165, 1.54) is 30.3 Å². The van der Waals surface area contributed by atoms with E-state index in [0.717, 1.165) is 0 Å². The lowest BCUT2D eigenvalue weighted by Crippen LogP contribution is -2.12. The molecule has 6 heteroatoms. The first-order valence-corrected chi connectivity index (χ1v) is 8.83. The molecule has 1 N–H and O–H groups in total. The van der Waals surface area contributed by atoms with Gasteiger partial charge in [0.2, 0.25) is 0 Å². The molecule has 0 spiro atoms. The number of rotatable bonds is 4. The summed E-state index contributed by atoms with van der Waals surface area (Å²) in [6.45, 7) is 0. The third-order valence-electron chi connectivity index (χ3n) is 4.46. The molecule has 0 aliphatic heterocycles. The summed E-state index contributed by atoms with van der Waals surface area (Å²) < 4.78 is 24.2. The van der Waals surface area contributed by atoms with Crippen LogP contribution in [0.5, 0.6) is 5.75 Å². The van der Waals surface area contributed by atoms with Crippen LogP contribution in [0.3, 0.4) is 0 Å². The molecule has 0 radical (unpaired) electrons. The van der Waals surface area contributed by atoms with Crippen molar-refractivity contribution in [2.45, 2.75) is 0 Å². The standard InChI is InChI=1S/C23H16FNO4/c1-28-20-5-3-2-4-17(20)22-13-19(26)18-12-16(10-11-21(18)29-22)25-23(27)14-6-8-15(24)9-7-14/h2-13H,1H3,(H,25,27). The van der Waals surface area contributed by atoms with E-state index in [9.17, 15) is 14.0 Å². The van der Waals surface area contributed by atoms with E-state index in [4.69, 9.17) is 9.15 Å². The molecular formula is C23H16FNO4. The summed E-state index contributed by atoms with van der Waals surface area (Å²) in [6.07, 6.45) is 0. The minimum Gasteiger partial charge on any atom is -0.496 e. The van der Waals surface area contributed by atoms with Crippen LogP contribution in [0.4, 0.5) is 10.1 Å². The maximum absolute atomic E-state index is 13.0. The van der Waals surface area contributed by atoms with Gasteiger partial charge in [-0.1, -0.05) is 12.1 Å². The van der Waals surface area contributed by atoms with Gasteiger partial charge in [0.1, 0.15) is 22.9 Å².